The zero-order valence-electron chi connectivity index (χ0n) is 10.8. The van der Waals surface area contributed by atoms with Crippen LogP contribution in [0.1, 0.15) is 24.6 Å². The molecule has 0 saturated carbocycles. The molecule has 2 heterocycles. The third-order valence-electron chi connectivity index (χ3n) is 3.40. The maximum absolute atomic E-state index is 5.48. The van der Waals surface area contributed by atoms with E-state index in [1.54, 1.807) is 0 Å². The molecule has 0 radical (unpaired) electrons. The third kappa shape index (κ3) is 3.51. The van der Waals surface area contributed by atoms with Crippen LogP contribution in [0.25, 0.3) is 0 Å². The van der Waals surface area contributed by atoms with E-state index in [1.807, 2.05) is 6.20 Å². The lowest BCUT2D eigenvalue weighted by atomic mass is 9.94. The van der Waals surface area contributed by atoms with Crippen molar-refractivity contribution >= 4 is 0 Å². The van der Waals surface area contributed by atoms with Crippen LogP contribution in [0.3, 0.4) is 0 Å². The lowest BCUT2D eigenvalue weighted by Crippen LogP contribution is -2.38. The maximum Gasteiger partial charge on any atom is 0.0510 e. The van der Waals surface area contributed by atoms with E-state index < -0.39 is 0 Å². The second kappa shape index (κ2) is 6.12. The summed E-state index contributed by atoms with van der Waals surface area (Å²) >= 11 is 0. The number of nitrogens with one attached hydrogen (secondary N) is 1. The van der Waals surface area contributed by atoms with Gasteiger partial charge in [0.25, 0.3) is 0 Å². The number of aromatic nitrogens is 1. The van der Waals surface area contributed by atoms with Crippen molar-refractivity contribution in [2.24, 2.45) is 5.92 Å². The molecule has 3 nitrogen and oxygen atoms in total. The van der Waals surface area contributed by atoms with Crippen molar-refractivity contribution in [3.05, 3.63) is 29.6 Å². The first kappa shape index (κ1) is 12.5. The van der Waals surface area contributed by atoms with Crippen LogP contribution in [0, 0.1) is 12.8 Å². The second-order valence-electron chi connectivity index (χ2n) is 4.82. The van der Waals surface area contributed by atoms with Crippen LogP contribution in [-0.4, -0.2) is 30.8 Å². The SMILES string of the molecule is CCNC(Cc1ccc(C)cn1)C1CCOC1. The van der Waals surface area contributed by atoms with Gasteiger partial charge in [0.15, 0.2) is 0 Å². The molecule has 0 aliphatic carbocycles. The highest BCUT2D eigenvalue weighted by Crippen LogP contribution is 2.19. The van der Waals surface area contributed by atoms with E-state index in [0.717, 1.165) is 26.2 Å². The fourth-order valence-electron chi connectivity index (χ4n) is 2.38. The molecule has 0 aromatic carbocycles. The molecule has 0 amide bonds. The molecule has 3 heteroatoms. The van der Waals surface area contributed by atoms with Gasteiger partial charge in [-0.3, -0.25) is 4.98 Å². The quantitative estimate of drug-likeness (QED) is 0.845. The fourth-order valence-corrected chi connectivity index (χ4v) is 2.38. The average molecular weight is 234 g/mol. The number of nitrogens with zero attached hydrogens (tertiary/aromatic N) is 1. The van der Waals surface area contributed by atoms with Crippen molar-refractivity contribution in [1.29, 1.82) is 0 Å². The first-order valence-electron chi connectivity index (χ1n) is 6.52. The summed E-state index contributed by atoms with van der Waals surface area (Å²) in [7, 11) is 0. The number of ether oxygens (including phenoxy) is 1. The lowest BCUT2D eigenvalue weighted by Gasteiger charge is -2.22. The molecule has 2 unspecified atom stereocenters. The van der Waals surface area contributed by atoms with Gasteiger partial charge < -0.3 is 10.1 Å². The minimum absolute atomic E-state index is 0.498. The summed E-state index contributed by atoms with van der Waals surface area (Å²) in [5, 5.41) is 3.57. The first-order valence-corrected chi connectivity index (χ1v) is 6.52. The molecule has 1 aliphatic rings. The molecule has 2 atom stereocenters. The van der Waals surface area contributed by atoms with Gasteiger partial charge in [-0.25, -0.2) is 0 Å². The standard InChI is InChI=1S/C14H22N2O/c1-3-15-14(12-6-7-17-10-12)8-13-5-4-11(2)9-16-13/h4-5,9,12,14-15H,3,6-8,10H2,1-2H3. The van der Waals surface area contributed by atoms with Gasteiger partial charge in [0.2, 0.25) is 0 Å². The van der Waals surface area contributed by atoms with Crippen molar-refractivity contribution < 1.29 is 4.74 Å². The number of pyridine rings is 1. The van der Waals surface area contributed by atoms with Crippen LogP contribution in [-0.2, 0) is 11.2 Å². The van der Waals surface area contributed by atoms with Crippen molar-refractivity contribution in [3.63, 3.8) is 0 Å². The predicted molar refractivity (Wildman–Crippen MR) is 69.1 cm³/mol. The molecular formula is C14H22N2O. The number of aryl methyl sites for hydroxylation is 1. The van der Waals surface area contributed by atoms with Gasteiger partial charge >= 0.3 is 0 Å². The Morgan fingerprint density at radius 3 is 3.00 bits per heavy atom. The summed E-state index contributed by atoms with van der Waals surface area (Å²) in [5.74, 6) is 0.637. The summed E-state index contributed by atoms with van der Waals surface area (Å²) in [6.45, 7) is 7.04. The molecule has 1 aromatic rings. The van der Waals surface area contributed by atoms with E-state index in [4.69, 9.17) is 4.74 Å². The Bertz CT molecular complexity index is 331. The van der Waals surface area contributed by atoms with Gasteiger partial charge in [-0.05, 0) is 31.5 Å². The highest BCUT2D eigenvalue weighted by Gasteiger charge is 2.25. The van der Waals surface area contributed by atoms with E-state index in [2.05, 4.69) is 36.3 Å². The number of hydrogen-bond acceptors (Lipinski definition) is 3. The van der Waals surface area contributed by atoms with E-state index in [0.29, 0.717) is 12.0 Å². The van der Waals surface area contributed by atoms with Crippen molar-refractivity contribution in [1.82, 2.24) is 10.3 Å². The molecule has 1 N–H and O–H groups in total. The zero-order chi connectivity index (χ0) is 12.1. The molecule has 1 saturated heterocycles. The largest absolute Gasteiger partial charge is 0.381 e. The highest BCUT2D eigenvalue weighted by molar-refractivity contribution is 5.13. The maximum atomic E-state index is 5.48. The Morgan fingerprint density at radius 2 is 2.41 bits per heavy atom. The third-order valence-corrected chi connectivity index (χ3v) is 3.40. The monoisotopic (exact) mass is 234 g/mol. The molecule has 2 rings (SSSR count). The van der Waals surface area contributed by atoms with Gasteiger partial charge in [0.1, 0.15) is 0 Å². The van der Waals surface area contributed by atoms with Gasteiger partial charge in [-0.15, -0.1) is 0 Å². The Kier molecular flexibility index (Phi) is 4.51. The van der Waals surface area contributed by atoms with Gasteiger partial charge in [0, 0.05) is 36.9 Å². The average Bonchev–Trinajstić information content (AvgIpc) is 2.85. The molecule has 94 valence electrons. The first-order chi connectivity index (χ1) is 8.29. The second-order valence-corrected chi connectivity index (χ2v) is 4.82. The smallest absolute Gasteiger partial charge is 0.0510 e. The van der Waals surface area contributed by atoms with Crippen LogP contribution in [0.4, 0.5) is 0 Å². The highest BCUT2D eigenvalue weighted by atomic mass is 16.5. The summed E-state index contributed by atoms with van der Waals surface area (Å²) in [4.78, 5) is 4.49. The fraction of sp³-hybridized carbons (Fsp3) is 0.643. The van der Waals surface area contributed by atoms with Gasteiger partial charge in [-0.2, -0.15) is 0 Å². The topological polar surface area (TPSA) is 34.2 Å². The summed E-state index contributed by atoms with van der Waals surface area (Å²) in [5.41, 5.74) is 2.39. The zero-order valence-corrected chi connectivity index (χ0v) is 10.8. The normalized spacial score (nSPS) is 21.6. The molecule has 1 fully saturated rings. The molecule has 1 aliphatic heterocycles. The molecule has 1 aromatic heterocycles. The molecular weight excluding hydrogens is 212 g/mol. The minimum atomic E-state index is 0.498. The Morgan fingerprint density at radius 1 is 1.53 bits per heavy atom. The Hall–Kier alpha value is -0.930. The number of hydrogen-bond donors (Lipinski definition) is 1. The summed E-state index contributed by atoms with van der Waals surface area (Å²) in [6, 6.07) is 4.77. The predicted octanol–water partition coefficient (Wildman–Crippen LogP) is 1.95. The van der Waals surface area contributed by atoms with Crippen LogP contribution >= 0.6 is 0 Å². The van der Waals surface area contributed by atoms with E-state index >= 15 is 0 Å². The molecule has 0 bridgehead atoms. The molecule has 0 spiro atoms. The van der Waals surface area contributed by atoms with Crippen molar-refractivity contribution in [3.8, 4) is 0 Å². The van der Waals surface area contributed by atoms with Gasteiger partial charge in [0.05, 0.1) is 6.61 Å². The van der Waals surface area contributed by atoms with Crippen molar-refractivity contribution in [2.45, 2.75) is 32.7 Å². The van der Waals surface area contributed by atoms with E-state index in [1.165, 1.54) is 17.7 Å². The van der Waals surface area contributed by atoms with E-state index in [9.17, 15) is 0 Å². The van der Waals surface area contributed by atoms with Crippen LogP contribution in [0.15, 0.2) is 18.3 Å². The summed E-state index contributed by atoms with van der Waals surface area (Å²) < 4.78 is 5.48. The molecule has 17 heavy (non-hydrogen) atoms. The van der Waals surface area contributed by atoms with Crippen molar-refractivity contribution in [2.75, 3.05) is 19.8 Å². The number of likely N-dealkylation sites (N-methyl/N-ethyl adjacent to an activating group) is 1. The Balaban J connectivity index is 1.98. The van der Waals surface area contributed by atoms with E-state index in [-0.39, 0.29) is 0 Å². The number of rotatable bonds is 5. The Labute approximate surface area is 104 Å². The van der Waals surface area contributed by atoms with Crippen LogP contribution in [0.2, 0.25) is 0 Å². The van der Waals surface area contributed by atoms with Crippen LogP contribution in [0.5, 0.6) is 0 Å². The minimum Gasteiger partial charge on any atom is -0.381 e. The lowest BCUT2D eigenvalue weighted by molar-refractivity contribution is 0.176. The summed E-state index contributed by atoms with van der Waals surface area (Å²) in [6.07, 6.45) is 4.12. The van der Waals surface area contributed by atoms with Gasteiger partial charge in [-0.1, -0.05) is 13.0 Å². The van der Waals surface area contributed by atoms with Crippen LogP contribution < -0.4 is 5.32 Å².